The first-order valence-corrected chi connectivity index (χ1v) is 12.3. The molecule has 0 saturated carbocycles. The number of aliphatic carboxylic acids is 1. The van der Waals surface area contributed by atoms with Crippen molar-refractivity contribution in [1.29, 1.82) is 0 Å². The molecule has 0 spiro atoms. The Bertz CT molecular complexity index is 643. The van der Waals surface area contributed by atoms with E-state index in [1.54, 1.807) is 25.6 Å². The number of carbonyl (C=O) groups excluding carboxylic acids is 3. The first-order chi connectivity index (χ1) is 14.5. The highest BCUT2D eigenvalue weighted by molar-refractivity contribution is 7.98. The lowest BCUT2D eigenvalue weighted by molar-refractivity contribution is -0.150. The molecule has 31 heavy (non-hydrogen) atoms. The van der Waals surface area contributed by atoms with Crippen LogP contribution >= 0.6 is 11.8 Å². The molecular formula is C21H38N4O5S. The molecule has 0 aromatic carbocycles. The van der Waals surface area contributed by atoms with Crippen LogP contribution in [0.25, 0.3) is 0 Å². The van der Waals surface area contributed by atoms with E-state index in [0.29, 0.717) is 32.2 Å². The summed E-state index contributed by atoms with van der Waals surface area (Å²) < 4.78 is 0. The van der Waals surface area contributed by atoms with E-state index in [1.165, 1.54) is 4.90 Å². The smallest absolute Gasteiger partial charge is 0.326 e. The minimum Gasteiger partial charge on any atom is -0.480 e. The van der Waals surface area contributed by atoms with Gasteiger partial charge in [-0.1, -0.05) is 27.7 Å². The molecule has 1 rings (SSSR count). The SMILES string of the molecule is CSCCC(N)C(=O)NC(CC(C)C)C(=O)NC(C(=O)N1CCCC1C(=O)O)C(C)C. The van der Waals surface area contributed by atoms with E-state index >= 15 is 0 Å². The van der Waals surface area contributed by atoms with Crippen LogP contribution in [0.3, 0.4) is 0 Å². The molecule has 4 atom stereocenters. The predicted molar refractivity (Wildman–Crippen MR) is 121 cm³/mol. The summed E-state index contributed by atoms with van der Waals surface area (Å²) in [5, 5.41) is 14.9. The second-order valence-corrected chi connectivity index (χ2v) is 9.82. The molecule has 9 nitrogen and oxygen atoms in total. The number of nitrogens with one attached hydrogen (secondary N) is 2. The fraction of sp³-hybridized carbons (Fsp3) is 0.810. The number of rotatable bonds is 12. The molecule has 0 bridgehead atoms. The maximum absolute atomic E-state index is 13.1. The highest BCUT2D eigenvalue weighted by Crippen LogP contribution is 2.20. The molecule has 0 aromatic rings. The van der Waals surface area contributed by atoms with Gasteiger partial charge in [-0.2, -0.15) is 11.8 Å². The number of hydrogen-bond donors (Lipinski definition) is 4. The van der Waals surface area contributed by atoms with Crippen molar-refractivity contribution >= 4 is 35.5 Å². The summed E-state index contributed by atoms with van der Waals surface area (Å²) in [5.74, 6) is -1.68. The molecule has 1 aliphatic rings. The Kier molecular flexibility index (Phi) is 11.3. The van der Waals surface area contributed by atoms with Gasteiger partial charge in [-0.3, -0.25) is 14.4 Å². The van der Waals surface area contributed by atoms with Gasteiger partial charge in [0.2, 0.25) is 17.7 Å². The molecule has 5 N–H and O–H groups in total. The maximum atomic E-state index is 13.1. The van der Waals surface area contributed by atoms with Crippen LogP contribution in [0.1, 0.15) is 53.4 Å². The molecule has 4 unspecified atom stereocenters. The summed E-state index contributed by atoms with van der Waals surface area (Å²) in [5.41, 5.74) is 5.93. The van der Waals surface area contributed by atoms with Crippen molar-refractivity contribution < 1.29 is 24.3 Å². The number of thioether (sulfide) groups is 1. The minimum absolute atomic E-state index is 0.127. The van der Waals surface area contributed by atoms with Gasteiger partial charge in [-0.25, -0.2) is 4.79 Å². The van der Waals surface area contributed by atoms with Crippen molar-refractivity contribution in [2.24, 2.45) is 17.6 Å². The maximum Gasteiger partial charge on any atom is 0.326 e. The molecule has 178 valence electrons. The summed E-state index contributed by atoms with van der Waals surface area (Å²) in [7, 11) is 0. The average molecular weight is 459 g/mol. The third-order valence-electron chi connectivity index (χ3n) is 5.36. The normalized spacial score (nSPS) is 19.2. The van der Waals surface area contributed by atoms with Gasteiger partial charge in [0.15, 0.2) is 0 Å². The zero-order valence-electron chi connectivity index (χ0n) is 19.2. The van der Waals surface area contributed by atoms with Crippen molar-refractivity contribution in [2.45, 2.75) is 77.5 Å². The molecule has 1 saturated heterocycles. The van der Waals surface area contributed by atoms with E-state index in [9.17, 15) is 24.3 Å². The summed E-state index contributed by atoms with van der Waals surface area (Å²) in [6.45, 7) is 7.82. The monoisotopic (exact) mass is 458 g/mol. The molecule has 1 fully saturated rings. The fourth-order valence-corrected chi connectivity index (χ4v) is 4.08. The molecule has 1 aliphatic heterocycles. The Morgan fingerprint density at radius 2 is 1.77 bits per heavy atom. The summed E-state index contributed by atoms with van der Waals surface area (Å²) >= 11 is 1.59. The molecular weight excluding hydrogens is 420 g/mol. The number of amides is 3. The zero-order valence-corrected chi connectivity index (χ0v) is 20.0. The second kappa shape index (κ2) is 12.9. The first-order valence-electron chi connectivity index (χ1n) is 10.9. The number of carbonyl (C=O) groups is 4. The highest BCUT2D eigenvalue weighted by Gasteiger charge is 2.39. The molecule has 0 aromatic heterocycles. The lowest BCUT2D eigenvalue weighted by Gasteiger charge is -2.31. The number of carboxylic acids is 1. The predicted octanol–water partition coefficient (Wildman–Crippen LogP) is 0.814. The standard InChI is InChI=1S/C21H38N4O5S/c1-12(2)11-15(23-18(26)14(22)8-10-31-5)19(27)24-17(13(3)4)20(28)25-9-6-7-16(25)21(29)30/h12-17H,6-11,22H2,1-5H3,(H,23,26)(H,24,27)(H,29,30). The van der Waals surface area contributed by atoms with Crippen LogP contribution in [0.5, 0.6) is 0 Å². The minimum atomic E-state index is -1.04. The molecule has 0 radical (unpaired) electrons. The third-order valence-corrected chi connectivity index (χ3v) is 6.01. The Hall–Kier alpha value is -1.81. The van der Waals surface area contributed by atoms with E-state index < -0.39 is 47.9 Å². The summed E-state index contributed by atoms with van der Waals surface area (Å²) in [6, 6.07) is -3.27. The topological polar surface area (TPSA) is 142 Å². The van der Waals surface area contributed by atoms with Crippen LogP contribution in [-0.2, 0) is 19.2 Å². The van der Waals surface area contributed by atoms with E-state index in [1.807, 2.05) is 20.1 Å². The average Bonchev–Trinajstić information content (AvgIpc) is 3.18. The summed E-state index contributed by atoms with van der Waals surface area (Å²) in [4.78, 5) is 51.4. The van der Waals surface area contributed by atoms with E-state index in [0.717, 1.165) is 5.75 Å². The van der Waals surface area contributed by atoms with Gasteiger partial charge in [0, 0.05) is 6.54 Å². The van der Waals surface area contributed by atoms with E-state index in [-0.39, 0.29) is 11.8 Å². The Morgan fingerprint density at radius 3 is 2.29 bits per heavy atom. The largest absolute Gasteiger partial charge is 0.480 e. The van der Waals surface area contributed by atoms with Crippen molar-refractivity contribution in [3.8, 4) is 0 Å². The number of nitrogens with two attached hydrogens (primary N) is 1. The lowest BCUT2D eigenvalue weighted by Crippen LogP contribution is -2.58. The number of carboxylic acid groups (broad SMARTS) is 1. The Labute approximate surface area is 189 Å². The van der Waals surface area contributed by atoms with Crippen LogP contribution in [-0.4, -0.2) is 76.4 Å². The van der Waals surface area contributed by atoms with Gasteiger partial charge in [-0.05, 0) is 49.5 Å². The first kappa shape index (κ1) is 27.2. The van der Waals surface area contributed by atoms with Gasteiger partial charge in [0.1, 0.15) is 18.1 Å². The second-order valence-electron chi connectivity index (χ2n) is 8.84. The molecule has 3 amide bonds. The van der Waals surface area contributed by atoms with Crippen LogP contribution in [0.15, 0.2) is 0 Å². The van der Waals surface area contributed by atoms with Gasteiger partial charge < -0.3 is 26.4 Å². The van der Waals surface area contributed by atoms with E-state index in [2.05, 4.69) is 10.6 Å². The van der Waals surface area contributed by atoms with Crippen molar-refractivity contribution in [1.82, 2.24) is 15.5 Å². The number of hydrogen-bond acceptors (Lipinski definition) is 6. The van der Waals surface area contributed by atoms with Crippen molar-refractivity contribution in [3.63, 3.8) is 0 Å². The lowest BCUT2D eigenvalue weighted by atomic mass is 9.99. The third kappa shape index (κ3) is 8.33. The Balaban J connectivity index is 2.92. The van der Waals surface area contributed by atoms with Crippen LogP contribution in [0.2, 0.25) is 0 Å². The van der Waals surface area contributed by atoms with Crippen molar-refractivity contribution in [2.75, 3.05) is 18.6 Å². The van der Waals surface area contributed by atoms with Gasteiger partial charge in [0.05, 0.1) is 6.04 Å². The van der Waals surface area contributed by atoms with Gasteiger partial charge in [-0.15, -0.1) is 0 Å². The number of nitrogens with zero attached hydrogens (tertiary/aromatic N) is 1. The quantitative estimate of drug-likeness (QED) is 0.339. The van der Waals surface area contributed by atoms with E-state index in [4.69, 9.17) is 5.73 Å². The number of likely N-dealkylation sites (tertiary alicyclic amines) is 1. The van der Waals surface area contributed by atoms with Gasteiger partial charge >= 0.3 is 5.97 Å². The molecule has 10 heteroatoms. The summed E-state index contributed by atoms with van der Waals surface area (Å²) in [6.07, 6.45) is 3.84. The molecule has 1 heterocycles. The highest BCUT2D eigenvalue weighted by atomic mass is 32.2. The molecule has 0 aliphatic carbocycles. The van der Waals surface area contributed by atoms with Crippen LogP contribution in [0, 0.1) is 11.8 Å². The fourth-order valence-electron chi connectivity index (χ4n) is 3.59. The van der Waals surface area contributed by atoms with Gasteiger partial charge in [0.25, 0.3) is 0 Å². The zero-order chi connectivity index (χ0) is 23.7. The Morgan fingerprint density at radius 1 is 1.13 bits per heavy atom. The van der Waals surface area contributed by atoms with Crippen LogP contribution < -0.4 is 16.4 Å². The van der Waals surface area contributed by atoms with Crippen molar-refractivity contribution in [3.05, 3.63) is 0 Å². The van der Waals surface area contributed by atoms with Crippen LogP contribution in [0.4, 0.5) is 0 Å².